The third-order valence-electron chi connectivity index (χ3n) is 4.11. The molecule has 0 aromatic carbocycles. The molecule has 4 unspecified atom stereocenters. The van der Waals surface area contributed by atoms with Gasteiger partial charge in [0.2, 0.25) is 0 Å². The molecular formula is C23H33N3O8S4. The highest BCUT2D eigenvalue weighted by molar-refractivity contribution is 8.00. The van der Waals surface area contributed by atoms with Crippen molar-refractivity contribution in [1.29, 1.82) is 0 Å². The Hall–Kier alpha value is -2.04. The van der Waals surface area contributed by atoms with E-state index in [1.54, 1.807) is 44.6 Å². The molecule has 0 saturated heterocycles. The minimum Gasteiger partial charge on any atom is -0.399 e. The number of thioether (sulfide) groups is 2. The summed E-state index contributed by atoms with van der Waals surface area (Å²) in [5.74, 6) is 0. The summed E-state index contributed by atoms with van der Waals surface area (Å²) in [4.78, 5) is 23.9. The van der Waals surface area contributed by atoms with E-state index < -0.39 is 32.4 Å². The molecule has 0 saturated carbocycles. The lowest BCUT2D eigenvalue weighted by Gasteiger charge is -2.16. The van der Waals surface area contributed by atoms with Gasteiger partial charge in [0.1, 0.15) is 13.4 Å². The SMILES string of the molecule is CC(CC(C=O)Sc1ccccn1)OS(C)(=O)=O.CO/N=C/C(CC(C)OS(C)(=O)=O)Sc1ccccn1. The number of nitrogens with zero attached hydrogens (tertiary/aromatic N) is 3. The molecule has 0 fully saturated rings. The predicted molar refractivity (Wildman–Crippen MR) is 149 cm³/mol. The van der Waals surface area contributed by atoms with Gasteiger partial charge in [0.05, 0.1) is 51.5 Å². The van der Waals surface area contributed by atoms with Gasteiger partial charge in [-0.1, -0.05) is 40.8 Å². The van der Waals surface area contributed by atoms with Crippen molar-refractivity contribution in [3.63, 3.8) is 0 Å². The Kier molecular flexibility index (Phi) is 15.7. The number of hydrogen-bond donors (Lipinski definition) is 0. The van der Waals surface area contributed by atoms with Crippen LogP contribution in [0.3, 0.4) is 0 Å². The van der Waals surface area contributed by atoms with Crippen LogP contribution in [0.25, 0.3) is 0 Å². The van der Waals surface area contributed by atoms with Gasteiger partial charge >= 0.3 is 0 Å². The van der Waals surface area contributed by atoms with Crippen LogP contribution >= 0.6 is 23.5 Å². The number of carbonyl (C=O) groups is 1. The van der Waals surface area contributed by atoms with E-state index in [0.717, 1.165) is 28.8 Å². The fraction of sp³-hybridized carbons (Fsp3) is 0.478. The minimum atomic E-state index is -3.49. The third-order valence-corrected chi connectivity index (χ3v) is 7.66. The first-order valence-corrected chi connectivity index (χ1v) is 16.6. The van der Waals surface area contributed by atoms with Gasteiger partial charge < -0.3 is 9.63 Å². The van der Waals surface area contributed by atoms with Crippen molar-refractivity contribution in [2.75, 3.05) is 19.6 Å². The number of rotatable bonds is 15. The lowest BCUT2D eigenvalue weighted by Crippen LogP contribution is -2.20. The number of oxime groups is 1. The second kappa shape index (κ2) is 17.5. The second-order valence-electron chi connectivity index (χ2n) is 7.92. The van der Waals surface area contributed by atoms with Gasteiger partial charge in [0, 0.05) is 12.4 Å². The molecule has 212 valence electrons. The maximum atomic E-state index is 11.1. The van der Waals surface area contributed by atoms with Crippen molar-refractivity contribution < 1.29 is 34.8 Å². The number of aromatic nitrogens is 2. The fourth-order valence-corrected chi connectivity index (χ4v) is 6.30. The Morgan fingerprint density at radius 1 is 0.842 bits per heavy atom. The van der Waals surface area contributed by atoms with E-state index >= 15 is 0 Å². The summed E-state index contributed by atoms with van der Waals surface area (Å²) in [5, 5.41) is 4.81. The van der Waals surface area contributed by atoms with Gasteiger partial charge in [-0.2, -0.15) is 16.8 Å². The number of carbonyl (C=O) groups excluding carboxylic acids is 1. The summed E-state index contributed by atoms with van der Waals surface area (Å²) in [7, 11) is -5.50. The number of aldehydes is 1. The van der Waals surface area contributed by atoms with Crippen LogP contribution in [0.1, 0.15) is 26.7 Å². The molecule has 4 atom stereocenters. The van der Waals surface area contributed by atoms with Crippen LogP contribution in [0.15, 0.2) is 64.0 Å². The first kappa shape index (κ1) is 34.0. The standard InChI is InChI=1S/C12H18N2O4S2.C11H15NO4S2/c1-10(18-20(3,15)16)8-11(9-14-17-2)19-12-6-4-5-7-13-12;1-9(16-18(2,14)15)7-10(8-13)17-11-5-3-4-6-12-11/h4-7,9-11H,8H2,1-3H3;3-6,8-10H,7H2,1-2H3/b14-9+;. The van der Waals surface area contributed by atoms with Gasteiger partial charge in [-0.25, -0.2) is 9.97 Å². The maximum Gasteiger partial charge on any atom is 0.264 e. The van der Waals surface area contributed by atoms with Gasteiger partial charge in [-0.05, 0) is 51.0 Å². The lowest BCUT2D eigenvalue weighted by atomic mass is 10.2. The normalized spacial score (nSPS) is 15.1. The average molecular weight is 608 g/mol. The highest BCUT2D eigenvalue weighted by atomic mass is 32.2. The summed E-state index contributed by atoms with van der Waals surface area (Å²) < 4.78 is 53.8. The smallest absolute Gasteiger partial charge is 0.264 e. The molecule has 2 heterocycles. The Bertz CT molecular complexity index is 1180. The Balaban J connectivity index is 0.000000382. The number of hydrogen-bond acceptors (Lipinski definition) is 13. The van der Waals surface area contributed by atoms with Gasteiger partial charge in [-0.15, -0.1) is 0 Å². The van der Waals surface area contributed by atoms with E-state index in [1.165, 1.54) is 30.6 Å². The van der Waals surface area contributed by atoms with Crippen molar-refractivity contribution >= 4 is 56.3 Å². The topological polar surface area (TPSA) is 151 Å². The molecule has 0 spiro atoms. The Morgan fingerprint density at radius 3 is 1.66 bits per heavy atom. The molecule has 2 aromatic heterocycles. The van der Waals surface area contributed by atoms with E-state index in [4.69, 9.17) is 8.37 Å². The summed E-state index contributed by atoms with van der Waals surface area (Å²) in [6.07, 6.45) is 7.56. The zero-order valence-electron chi connectivity index (χ0n) is 21.7. The van der Waals surface area contributed by atoms with Crippen LogP contribution in [0.2, 0.25) is 0 Å². The van der Waals surface area contributed by atoms with Gasteiger partial charge in [0.15, 0.2) is 0 Å². The second-order valence-corrected chi connectivity index (χ2v) is 13.6. The van der Waals surface area contributed by atoms with E-state index in [2.05, 4.69) is 20.0 Å². The fourth-order valence-electron chi connectivity index (χ4n) is 2.87. The van der Waals surface area contributed by atoms with Crippen LogP contribution < -0.4 is 0 Å². The van der Waals surface area contributed by atoms with Crippen LogP contribution in [-0.4, -0.2) is 81.6 Å². The third kappa shape index (κ3) is 17.5. The molecule has 2 aromatic rings. The average Bonchev–Trinajstić information content (AvgIpc) is 2.81. The molecule has 0 amide bonds. The predicted octanol–water partition coefficient (Wildman–Crippen LogP) is 3.43. The molecule has 38 heavy (non-hydrogen) atoms. The molecule has 0 bridgehead atoms. The highest BCUT2D eigenvalue weighted by Crippen LogP contribution is 2.25. The Morgan fingerprint density at radius 2 is 1.29 bits per heavy atom. The largest absolute Gasteiger partial charge is 0.399 e. The molecule has 11 nitrogen and oxygen atoms in total. The first-order chi connectivity index (χ1) is 17.8. The highest BCUT2D eigenvalue weighted by Gasteiger charge is 2.19. The number of pyridine rings is 2. The van der Waals surface area contributed by atoms with Crippen molar-refractivity contribution in [2.24, 2.45) is 5.16 Å². The van der Waals surface area contributed by atoms with Crippen molar-refractivity contribution in [3.05, 3.63) is 48.8 Å². The van der Waals surface area contributed by atoms with E-state index in [-0.39, 0.29) is 10.5 Å². The molecule has 15 heteroatoms. The first-order valence-electron chi connectivity index (χ1n) is 11.2. The molecule has 0 N–H and O–H groups in total. The molecule has 0 radical (unpaired) electrons. The van der Waals surface area contributed by atoms with Crippen molar-refractivity contribution in [2.45, 2.75) is 59.4 Å². The minimum absolute atomic E-state index is 0.0957. The van der Waals surface area contributed by atoms with Crippen LogP contribution in [0, 0.1) is 0 Å². The molecule has 2 rings (SSSR count). The zero-order valence-corrected chi connectivity index (χ0v) is 25.0. The summed E-state index contributed by atoms with van der Waals surface area (Å²) >= 11 is 2.76. The van der Waals surface area contributed by atoms with Gasteiger partial charge in [0.25, 0.3) is 20.2 Å². The van der Waals surface area contributed by atoms with Gasteiger partial charge in [-0.3, -0.25) is 8.37 Å². The quantitative estimate of drug-likeness (QED) is 0.0959. The van der Waals surface area contributed by atoms with Crippen molar-refractivity contribution in [1.82, 2.24) is 9.97 Å². The Labute approximate surface area is 233 Å². The van der Waals surface area contributed by atoms with E-state index in [9.17, 15) is 21.6 Å². The summed E-state index contributed by atoms with van der Waals surface area (Å²) in [6.45, 7) is 3.32. The van der Waals surface area contributed by atoms with Crippen LogP contribution in [0.4, 0.5) is 0 Å². The van der Waals surface area contributed by atoms with Crippen LogP contribution in [0.5, 0.6) is 0 Å². The lowest BCUT2D eigenvalue weighted by molar-refractivity contribution is -0.107. The van der Waals surface area contributed by atoms with Crippen LogP contribution in [-0.2, 0) is 38.2 Å². The maximum absolute atomic E-state index is 11.1. The molecule has 0 aliphatic rings. The summed E-state index contributed by atoms with van der Waals surface area (Å²) in [6, 6.07) is 11.0. The van der Waals surface area contributed by atoms with Crippen molar-refractivity contribution in [3.8, 4) is 0 Å². The summed E-state index contributed by atoms with van der Waals surface area (Å²) in [5.41, 5.74) is 0. The molecule has 0 aliphatic carbocycles. The monoisotopic (exact) mass is 607 g/mol. The van der Waals surface area contributed by atoms with E-state index in [1.807, 2.05) is 24.3 Å². The zero-order chi connectivity index (χ0) is 28.6. The molecule has 0 aliphatic heterocycles. The molecular weight excluding hydrogens is 575 g/mol. The van der Waals surface area contributed by atoms with E-state index in [0.29, 0.717) is 12.8 Å².